The van der Waals surface area contributed by atoms with Gasteiger partial charge in [-0.3, -0.25) is 9.69 Å². The van der Waals surface area contributed by atoms with Gasteiger partial charge >= 0.3 is 6.09 Å². The van der Waals surface area contributed by atoms with Crippen LogP contribution in [-0.2, 0) is 14.2 Å². The first-order chi connectivity index (χ1) is 18.6. The van der Waals surface area contributed by atoms with Crippen molar-refractivity contribution in [1.29, 1.82) is 0 Å². The van der Waals surface area contributed by atoms with E-state index in [2.05, 4.69) is 26.8 Å². The van der Waals surface area contributed by atoms with E-state index in [1.165, 1.54) is 15.6 Å². The zero-order valence-corrected chi connectivity index (χ0v) is 23.1. The van der Waals surface area contributed by atoms with Gasteiger partial charge in [0.05, 0.1) is 24.9 Å². The van der Waals surface area contributed by atoms with Gasteiger partial charge in [-0.25, -0.2) is 9.78 Å². The van der Waals surface area contributed by atoms with Crippen molar-refractivity contribution in [3.8, 4) is 0 Å². The van der Waals surface area contributed by atoms with Crippen molar-refractivity contribution in [3.63, 3.8) is 0 Å². The zero-order chi connectivity index (χ0) is 27.7. The molecule has 2 N–H and O–H groups in total. The molecule has 3 aliphatic rings. The fourth-order valence-corrected chi connectivity index (χ4v) is 4.75. The van der Waals surface area contributed by atoms with E-state index >= 15 is 0 Å². The van der Waals surface area contributed by atoms with Crippen molar-refractivity contribution in [2.75, 3.05) is 44.1 Å². The lowest BCUT2D eigenvalue weighted by Gasteiger charge is -2.35. The largest absolute Gasteiger partial charge is 0.443 e. The van der Waals surface area contributed by atoms with Crippen molar-refractivity contribution in [3.05, 3.63) is 41.9 Å². The SMILES string of the molecule is CO[C@@H]1C[C@H]1NC(=O)c1cnn2c(N(C)C(=O)OC(C)(C)C)cc(NC3=CC=CN(C4CCOCC4)C3)nc12. The monoisotopic (exact) mass is 539 g/mol. The molecule has 0 radical (unpaired) electrons. The lowest BCUT2D eigenvalue weighted by Crippen LogP contribution is -2.38. The Hall–Kier alpha value is -3.64. The number of anilines is 2. The van der Waals surface area contributed by atoms with E-state index in [4.69, 9.17) is 19.2 Å². The molecule has 0 unspecified atom stereocenters. The highest BCUT2D eigenvalue weighted by Crippen LogP contribution is 2.28. The quantitative estimate of drug-likeness (QED) is 0.547. The van der Waals surface area contributed by atoms with E-state index in [1.54, 1.807) is 20.2 Å². The van der Waals surface area contributed by atoms with Gasteiger partial charge in [-0.2, -0.15) is 9.61 Å². The second-order valence-electron chi connectivity index (χ2n) is 11.1. The van der Waals surface area contributed by atoms with Gasteiger partial charge in [0, 0.05) is 45.2 Å². The topological polar surface area (TPSA) is 123 Å². The fraction of sp³-hybridized carbons (Fsp3) is 0.556. The number of ether oxygens (including phenoxy) is 3. The van der Waals surface area contributed by atoms with E-state index in [-0.39, 0.29) is 18.1 Å². The third kappa shape index (κ3) is 6.17. The summed E-state index contributed by atoms with van der Waals surface area (Å²) < 4.78 is 17.9. The lowest BCUT2D eigenvalue weighted by molar-refractivity contribution is 0.0515. The Labute approximate surface area is 228 Å². The number of aromatic nitrogens is 3. The third-order valence-electron chi connectivity index (χ3n) is 6.94. The summed E-state index contributed by atoms with van der Waals surface area (Å²) in [6.45, 7) is 7.63. The molecular weight excluding hydrogens is 502 g/mol. The smallest absolute Gasteiger partial charge is 0.415 e. The standard InChI is InChI=1S/C27H37N7O5/c1-27(2,3)39-26(36)32(4)23-14-22(29-17-7-6-10-33(16-17)18-8-11-38-12-9-18)31-24-19(15-28-34(23)24)25(35)30-20-13-21(20)37-5/h6-7,10,14-15,18,20-21H,8-9,11-13,16H2,1-5H3,(H,29,31)(H,30,35)/t20-,21-/m1/s1. The molecule has 1 aliphatic carbocycles. The van der Waals surface area contributed by atoms with Gasteiger partial charge in [0.2, 0.25) is 0 Å². The Morgan fingerprint density at radius 2 is 2.00 bits per heavy atom. The van der Waals surface area contributed by atoms with Crippen molar-refractivity contribution < 1.29 is 23.8 Å². The molecule has 2 fully saturated rings. The second-order valence-corrected chi connectivity index (χ2v) is 11.1. The molecule has 12 nitrogen and oxygen atoms in total. The van der Waals surface area contributed by atoms with Crippen molar-refractivity contribution in [2.24, 2.45) is 0 Å². The number of carbonyl (C=O) groups is 2. The number of nitrogens with one attached hydrogen (secondary N) is 2. The van der Waals surface area contributed by atoms with Crippen LogP contribution in [0.2, 0.25) is 0 Å². The van der Waals surface area contributed by atoms with Gasteiger partial charge < -0.3 is 29.7 Å². The molecule has 210 valence electrons. The number of amides is 2. The van der Waals surface area contributed by atoms with Crippen molar-refractivity contribution >= 4 is 29.3 Å². The molecule has 0 spiro atoms. The van der Waals surface area contributed by atoms with Crippen LogP contribution in [0.15, 0.2) is 36.3 Å². The summed E-state index contributed by atoms with van der Waals surface area (Å²) in [7, 11) is 3.24. The molecule has 4 heterocycles. The Morgan fingerprint density at radius 1 is 1.23 bits per heavy atom. The number of carbonyl (C=O) groups excluding carboxylic acids is 2. The number of hydrogen-bond acceptors (Lipinski definition) is 9. The maximum Gasteiger partial charge on any atom is 0.415 e. The van der Waals surface area contributed by atoms with Gasteiger partial charge in [-0.05, 0) is 58.4 Å². The van der Waals surface area contributed by atoms with Crippen LogP contribution in [0.3, 0.4) is 0 Å². The Kier molecular flexibility index (Phi) is 7.50. The maximum absolute atomic E-state index is 13.1. The van der Waals surface area contributed by atoms with Gasteiger partial charge in [0.25, 0.3) is 5.91 Å². The van der Waals surface area contributed by atoms with Crippen LogP contribution in [0.25, 0.3) is 5.65 Å². The summed E-state index contributed by atoms with van der Waals surface area (Å²) in [5.74, 6) is 0.595. The van der Waals surface area contributed by atoms with Gasteiger partial charge in [-0.1, -0.05) is 0 Å². The summed E-state index contributed by atoms with van der Waals surface area (Å²) in [5.41, 5.74) is 0.896. The molecule has 12 heteroatoms. The first-order valence-corrected chi connectivity index (χ1v) is 13.3. The summed E-state index contributed by atoms with van der Waals surface area (Å²) in [5, 5.41) is 10.8. The first kappa shape index (κ1) is 26.9. The molecular formula is C27H37N7O5. The molecule has 2 aromatic rings. The third-order valence-corrected chi connectivity index (χ3v) is 6.94. The first-order valence-electron chi connectivity index (χ1n) is 13.3. The molecule has 0 bridgehead atoms. The molecule has 5 rings (SSSR count). The van der Waals surface area contributed by atoms with Crippen LogP contribution in [0, 0.1) is 0 Å². The van der Waals surface area contributed by atoms with Crippen LogP contribution in [0.1, 0.15) is 50.4 Å². The van der Waals surface area contributed by atoms with Crippen LogP contribution >= 0.6 is 0 Å². The molecule has 1 saturated heterocycles. The summed E-state index contributed by atoms with van der Waals surface area (Å²) in [6, 6.07) is 2.09. The Bertz CT molecular complexity index is 1290. The van der Waals surface area contributed by atoms with E-state index in [0.29, 0.717) is 35.4 Å². The summed E-state index contributed by atoms with van der Waals surface area (Å²) >= 11 is 0. The van der Waals surface area contributed by atoms with E-state index in [9.17, 15) is 9.59 Å². The molecule has 2 aliphatic heterocycles. The molecule has 1 saturated carbocycles. The normalized spacial score (nSPS) is 21.5. The minimum Gasteiger partial charge on any atom is -0.443 e. The minimum atomic E-state index is -0.678. The lowest BCUT2D eigenvalue weighted by atomic mass is 10.1. The summed E-state index contributed by atoms with van der Waals surface area (Å²) in [4.78, 5) is 34.5. The Morgan fingerprint density at radius 3 is 2.69 bits per heavy atom. The average molecular weight is 540 g/mol. The molecule has 0 aromatic carbocycles. The summed E-state index contributed by atoms with van der Waals surface area (Å²) in [6.07, 6.45) is 9.76. The number of rotatable bonds is 7. The number of nitrogens with zero attached hydrogens (tertiary/aromatic N) is 5. The van der Waals surface area contributed by atoms with Crippen LogP contribution < -0.4 is 15.5 Å². The fourth-order valence-electron chi connectivity index (χ4n) is 4.75. The van der Waals surface area contributed by atoms with E-state index in [0.717, 1.165) is 38.2 Å². The zero-order valence-electron chi connectivity index (χ0n) is 23.1. The van der Waals surface area contributed by atoms with Crippen molar-refractivity contribution in [2.45, 2.75) is 63.8 Å². The van der Waals surface area contributed by atoms with Crippen molar-refractivity contribution in [1.82, 2.24) is 24.8 Å². The second kappa shape index (κ2) is 10.9. The molecule has 39 heavy (non-hydrogen) atoms. The van der Waals surface area contributed by atoms with Crippen LogP contribution in [0.4, 0.5) is 16.4 Å². The number of methoxy groups -OCH3 is 1. The minimum absolute atomic E-state index is 0.0137. The highest BCUT2D eigenvalue weighted by atomic mass is 16.6. The van der Waals surface area contributed by atoms with Crippen LogP contribution in [-0.4, -0.2) is 89.2 Å². The van der Waals surface area contributed by atoms with E-state index < -0.39 is 11.7 Å². The predicted octanol–water partition coefficient (Wildman–Crippen LogP) is 2.92. The molecule has 2 amide bonds. The van der Waals surface area contributed by atoms with Crippen LogP contribution in [0.5, 0.6) is 0 Å². The highest BCUT2D eigenvalue weighted by molar-refractivity contribution is 6.00. The molecule has 2 atom stereocenters. The van der Waals surface area contributed by atoms with Gasteiger partial charge in [-0.15, -0.1) is 0 Å². The number of allylic oxidation sites excluding steroid dienone is 2. The van der Waals surface area contributed by atoms with Gasteiger partial charge in [0.15, 0.2) is 5.65 Å². The number of fused-ring (bicyclic) bond motifs is 1. The average Bonchev–Trinajstić information content (AvgIpc) is 3.52. The Balaban J connectivity index is 1.44. The highest BCUT2D eigenvalue weighted by Gasteiger charge is 2.39. The van der Waals surface area contributed by atoms with Gasteiger partial charge in [0.1, 0.15) is 22.8 Å². The predicted molar refractivity (Wildman–Crippen MR) is 146 cm³/mol. The maximum atomic E-state index is 13.1. The number of hydrogen-bond donors (Lipinski definition) is 2. The molecule has 2 aromatic heterocycles. The van der Waals surface area contributed by atoms with E-state index in [1.807, 2.05) is 32.9 Å².